The molecule has 0 aliphatic heterocycles. The van der Waals surface area contributed by atoms with Crippen LogP contribution < -0.4 is 10.6 Å². The van der Waals surface area contributed by atoms with Crippen molar-refractivity contribution in [2.75, 3.05) is 19.6 Å². The number of nitrogens with one attached hydrogen (secondary N) is 2. The molecule has 6 nitrogen and oxygen atoms in total. The fraction of sp³-hybridized carbons (Fsp3) is 0.737. The van der Waals surface area contributed by atoms with E-state index in [1.54, 1.807) is 5.57 Å². The smallest absolute Gasteiger partial charge is 0.226 e. The number of nitrogens with zero attached hydrogens (tertiary/aromatic N) is 3. The van der Waals surface area contributed by atoms with Crippen molar-refractivity contribution in [3.05, 3.63) is 23.4 Å². The van der Waals surface area contributed by atoms with Gasteiger partial charge in [-0.3, -0.25) is 4.99 Å². The van der Waals surface area contributed by atoms with Crippen molar-refractivity contribution < 1.29 is 4.52 Å². The van der Waals surface area contributed by atoms with E-state index < -0.39 is 0 Å². The maximum Gasteiger partial charge on any atom is 0.226 e. The minimum Gasteiger partial charge on any atom is -0.357 e. The number of allylic oxidation sites excluding steroid dienone is 1. The molecule has 0 amide bonds. The van der Waals surface area contributed by atoms with Crippen LogP contribution in [0.3, 0.4) is 0 Å². The molecule has 1 aromatic heterocycles. The molecule has 0 unspecified atom stereocenters. The zero-order chi connectivity index (χ0) is 17.9. The number of hydrogen-bond acceptors (Lipinski definition) is 4. The number of hydrogen-bond donors (Lipinski definition) is 2. The summed E-state index contributed by atoms with van der Waals surface area (Å²) >= 11 is 0. The van der Waals surface area contributed by atoms with E-state index >= 15 is 0 Å². The molecule has 7 heteroatoms. The Hall–Kier alpha value is -1.12. The van der Waals surface area contributed by atoms with E-state index in [0.29, 0.717) is 11.8 Å². The number of aromatic nitrogens is 2. The van der Waals surface area contributed by atoms with E-state index in [9.17, 15) is 0 Å². The van der Waals surface area contributed by atoms with Crippen LogP contribution in [-0.2, 0) is 6.42 Å². The molecule has 0 atom stereocenters. The summed E-state index contributed by atoms with van der Waals surface area (Å²) in [5.41, 5.74) is 1.59. The minimum atomic E-state index is 0. The SMILES string of the molecule is CCNC(=NCCCc1nc(C(C)C)no1)NCCC1=CCCCC1.I. The maximum atomic E-state index is 5.27. The molecule has 0 spiro atoms. The van der Waals surface area contributed by atoms with Gasteiger partial charge in [0.25, 0.3) is 0 Å². The van der Waals surface area contributed by atoms with E-state index in [-0.39, 0.29) is 24.0 Å². The quantitative estimate of drug-likeness (QED) is 0.184. The molecule has 0 aromatic carbocycles. The van der Waals surface area contributed by atoms with E-state index in [1.165, 1.54) is 25.7 Å². The lowest BCUT2D eigenvalue weighted by molar-refractivity contribution is 0.369. The van der Waals surface area contributed by atoms with Crippen molar-refractivity contribution in [2.45, 2.75) is 71.6 Å². The molecule has 0 fully saturated rings. The monoisotopic (exact) mass is 475 g/mol. The largest absolute Gasteiger partial charge is 0.357 e. The second-order valence-electron chi connectivity index (χ2n) is 6.85. The molecule has 0 radical (unpaired) electrons. The Kier molecular flexibility index (Phi) is 11.6. The molecule has 2 N–H and O–H groups in total. The van der Waals surface area contributed by atoms with E-state index in [1.807, 2.05) is 0 Å². The van der Waals surface area contributed by atoms with E-state index in [0.717, 1.165) is 50.7 Å². The standard InChI is InChI=1S/C19H33N5O.HI/c1-4-20-19(22-14-12-16-9-6-5-7-10-16)21-13-8-11-17-23-18(15(2)3)24-25-17;/h9,15H,4-8,10-14H2,1-3H3,(H2,20,21,22);1H. The van der Waals surface area contributed by atoms with Crippen molar-refractivity contribution in [3.63, 3.8) is 0 Å². The van der Waals surface area contributed by atoms with Crippen molar-refractivity contribution in [3.8, 4) is 0 Å². The molecule has 0 saturated heterocycles. The predicted molar refractivity (Wildman–Crippen MR) is 117 cm³/mol. The number of halogens is 1. The van der Waals surface area contributed by atoms with Gasteiger partial charge in [0.15, 0.2) is 11.8 Å². The van der Waals surface area contributed by atoms with Gasteiger partial charge in [0.1, 0.15) is 0 Å². The third kappa shape index (κ3) is 8.51. The van der Waals surface area contributed by atoms with Crippen LogP contribution in [0.5, 0.6) is 0 Å². The van der Waals surface area contributed by atoms with E-state index in [2.05, 4.69) is 52.6 Å². The summed E-state index contributed by atoms with van der Waals surface area (Å²) in [6, 6.07) is 0. The Bertz CT molecular complexity index is 568. The highest BCUT2D eigenvalue weighted by atomic mass is 127. The first-order valence-electron chi connectivity index (χ1n) is 9.71. The van der Waals surface area contributed by atoms with Gasteiger partial charge in [-0.2, -0.15) is 4.98 Å². The van der Waals surface area contributed by atoms with Crippen LogP contribution in [-0.4, -0.2) is 35.7 Å². The molecule has 1 aliphatic carbocycles. The second kappa shape index (κ2) is 13.1. The van der Waals surface area contributed by atoms with Crippen LogP contribution >= 0.6 is 24.0 Å². The second-order valence-corrected chi connectivity index (χ2v) is 6.85. The fourth-order valence-corrected chi connectivity index (χ4v) is 2.84. The normalized spacial score (nSPS) is 14.8. The highest BCUT2D eigenvalue weighted by molar-refractivity contribution is 14.0. The van der Waals surface area contributed by atoms with Gasteiger partial charge in [-0.1, -0.05) is 30.7 Å². The maximum absolute atomic E-state index is 5.27. The van der Waals surface area contributed by atoms with Gasteiger partial charge in [-0.05, 0) is 45.4 Å². The van der Waals surface area contributed by atoms with Gasteiger partial charge in [0, 0.05) is 32.0 Å². The molecule has 2 rings (SSSR count). The minimum absolute atomic E-state index is 0. The molecule has 1 aromatic rings. The summed E-state index contributed by atoms with van der Waals surface area (Å²) < 4.78 is 5.27. The van der Waals surface area contributed by atoms with Crippen LogP contribution in [0.25, 0.3) is 0 Å². The third-order valence-electron chi connectivity index (χ3n) is 4.29. The Morgan fingerprint density at radius 1 is 1.27 bits per heavy atom. The molecule has 148 valence electrons. The van der Waals surface area contributed by atoms with Crippen LogP contribution in [0.15, 0.2) is 21.2 Å². The zero-order valence-electron chi connectivity index (χ0n) is 16.4. The van der Waals surface area contributed by atoms with Crippen molar-refractivity contribution >= 4 is 29.9 Å². The summed E-state index contributed by atoms with van der Waals surface area (Å²) in [5.74, 6) is 2.69. The number of aliphatic imine (C=N–C) groups is 1. The van der Waals surface area contributed by atoms with Gasteiger partial charge in [-0.15, -0.1) is 24.0 Å². The molecule has 0 bridgehead atoms. The van der Waals surface area contributed by atoms with Gasteiger partial charge in [-0.25, -0.2) is 0 Å². The molecular formula is C19H34IN5O. The Morgan fingerprint density at radius 2 is 2.12 bits per heavy atom. The zero-order valence-corrected chi connectivity index (χ0v) is 18.7. The van der Waals surface area contributed by atoms with Crippen molar-refractivity contribution in [1.29, 1.82) is 0 Å². The van der Waals surface area contributed by atoms with Gasteiger partial charge in [0.2, 0.25) is 5.89 Å². The Labute approximate surface area is 174 Å². The first-order chi connectivity index (χ1) is 12.2. The fourth-order valence-electron chi connectivity index (χ4n) is 2.84. The lowest BCUT2D eigenvalue weighted by Crippen LogP contribution is -2.38. The number of guanidine groups is 1. The van der Waals surface area contributed by atoms with Crippen molar-refractivity contribution in [1.82, 2.24) is 20.8 Å². The molecule has 26 heavy (non-hydrogen) atoms. The summed E-state index contributed by atoms with van der Waals surface area (Å²) in [5, 5.41) is 10.7. The first-order valence-corrected chi connectivity index (χ1v) is 9.71. The van der Waals surface area contributed by atoms with Crippen LogP contribution in [0.2, 0.25) is 0 Å². The van der Waals surface area contributed by atoms with Gasteiger partial charge >= 0.3 is 0 Å². The highest BCUT2D eigenvalue weighted by Crippen LogP contribution is 2.19. The Balaban J connectivity index is 0.00000338. The van der Waals surface area contributed by atoms with E-state index in [4.69, 9.17) is 4.52 Å². The molecule has 1 aliphatic rings. The number of rotatable bonds is 9. The first kappa shape index (κ1) is 22.9. The van der Waals surface area contributed by atoms with Crippen molar-refractivity contribution in [2.24, 2.45) is 4.99 Å². The lowest BCUT2D eigenvalue weighted by Gasteiger charge is -2.15. The van der Waals surface area contributed by atoms with Crippen LogP contribution in [0.1, 0.15) is 76.9 Å². The average Bonchev–Trinajstić information content (AvgIpc) is 3.09. The lowest BCUT2D eigenvalue weighted by atomic mass is 9.97. The Morgan fingerprint density at radius 3 is 2.77 bits per heavy atom. The highest BCUT2D eigenvalue weighted by Gasteiger charge is 2.09. The summed E-state index contributed by atoms with van der Waals surface area (Å²) in [7, 11) is 0. The van der Waals surface area contributed by atoms with Gasteiger partial charge in [0.05, 0.1) is 0 Å². The average molecular weight is 475 g/mol. The number of aryl methyl sites for hydroxylation is 1. The van der Waals surface area contributed by atoms with Gasteiger partial charge < -0.3 is 15.2 Å². The topological polar surface area (TPSA) is 75.3 Å². The summed E-state index contributed by atoms with van der Waals surface area (Å²) in [6.45, 7) is 8.78. The molecule has 0 saturated carbocycles. The van der Waals surface area contributed by atoms with Crippen LogP contribution in [0, 0.1) is 0 Å². The summed E-state index contributed by atoms with van der Waals surface area (Å²) in [4.78, 5) is 9.04. The molecular weight excluding hydrogens is 441 g/mol. The predicted octanol–water partition coefficient (Wildman–Crippen LogP) is 4.19. The molecule has 1 heterocycles. The van der Waals surface area contributed by atoms with Crippen LogP contribution in [0.4, 0.5) is 0 Å². The summed E-state index contributed by atoms with van der Waals surface area (Å²) in [6.07, 6.45) is 10.4. The third-order valence-corrected chi connectivity index (χ3v) is 4.29.